The number of anilines is 2. The van der Waals surface area contributed by atoms with E-state index in [9.17, 15) is 14.0 Å². The predicted octanol–water partition coefficient (Wildman–Crippen LogP) is 5.86. The van der Waals surface area contributed by atoms with Crippen molar-refractivity contribution < 1.29 is 23.5 Å². The summed E-state index contributed by atoms with van der Waals surface area (Å²) >= 11 is 0. The van der Waals surface area contributed by atoms with Crippen LogP contribution in [0.3, 0.4) is 0 Å². The summed E-state index contributed by atoms with van der Waals surface area (Å²) in [6.45, 7) is 5.68. The van der Waals surface area contributed by atoms with Crippen molar-refractivity contribution in [1.82, 2.24) is 9.78 Å². The minimum absolute atomic E-state index is 0.203. The van der Waals surface area contributed by atoms with E-state index in [1.807, 2.05) is 32.0 Å². The van der Waals surface area contributed by atoms with E-state index < -0.39 is 23.7 Å². The van der Waals surface area contributed by atoms with Gasteiger partial charge in [-0.05, 0) is 74.9 Å². The normalized spacial score (nSPS) is 15.9. The predicted molar refractivity (Wildman–Crippen MR) is 155 cm³/mol. The van der Waals surface area contributed by atoms with Crippen LogP contribution in [0.2, 0.25) is 0 Å². The van der Waals surface area contributed by atoms with Crippen LogP contribution >= 0.6 is 0 Å². The van der Waals surface area contributed by atoms with E-state index in [1.165, 1.54) is 30.5 Å². The van der Waals surface area contributed by atoms with Crippen LogP contribution in [-0.4, -0.2) is 41.5 Å². The average molecular weight is 556 g/mol. The van der Waals surface area contributed by atoms with Crippen LogP contribution in [0.4, 0.5) is 21.6 Å². The van der Waals surface area contributed by atoms with E-state index in [0.29, 0.717) is 34.1 Å². The minimum atomic E-state index is -0.794. The molecule has 2 atom stereocenters. The Hall–Kier alpha value is -4.99. The number of aliphatic imine (C=N–C) groups is 1. The van der Waals surface area contributed by atoms with Gasteiger partial charge in [0.05, 0.1) is 26.5 Å². The molecule has 0 bridgehead atoms. The molecule has 5 rings (SSSR count). The Bertz CT molecular complexity index is 1660. The first-order chi connectivity index (χ1) is 19.7. The highest BCUT2D eigenvalue weighted by Gasteiger charge is 2.41. The fraction of sp³-hybridized carbons (Fsp3) is 0.226. The number of carbonyl (C=O) groups excluding carboxylic acids is 2. The van der Waals surface area contributed by atoms with E-state index in [0.717, 1.165) is 11.1 Å². The maximum absolute atomic E-state index is 14.0. The number of ether oxygens (including phenoxy) is 2. The summed E-state index contributed by atoms with van der Waals surface area (Å²) in [5.74, 6) is -0.586. The van der Waals surface area contributed by atoms with Gasteiger partial charge in [-0.3, -0.25) is 9.59 Å². The summed E-state index contributed by atoms with van der Waals surface area (Å²) < 4.78 is 26.1. The quantitative estimate of drug-likeness (QED) is 0.297. The van der Waals surface area contributed by atoms with Gasteiger partial charge in [0.2, 0.25) is 5.91 Å². The van der Waals surface area contributed by atoms with Gasteiger partial charge in [0, 0.05) is 22.6 Å². The summed E-state index contributed by atoms with van der Waals surface area (Å²) in [5.41, 5.74) is 4.46. The molecule has 41 heavy (non-hydrogen) atoms. The Labute approximate surface area is 237 Å². The third kappa shape index (κ3) is 5.41. The number of fused-ring (bicyclic) bond motifs is 1. The van der Waals surface area contributed by atoms with Crippen molar-refractivity contribution in [2.45, 2.75) is 26.8 Å². The highest BCUT2D eigenvalue weighted by Crippen LogP contribution is 2.43. The van der Waals surface area contributed by atoms with Gasteiger partial charge in [0.1, 0.15) is 28.8 Å². The van der Waals surface area contributed by atoms with Crippen LogP contribution in [0.15, 0.2) is 71.9 Å². The summed E-state index contributed by atoms with van der Waals surface area (Å²) in [6, 6.07) is 15.9. The number of aryl methyl sites for hydroxylation is 2. The zero-order chi connectivity index (χ0) is 29.3. The molecule has 2 N–H and O–H groups in total. The fourth-order valence-electron chi connectivity index (χ4n) is 5.05. The molecule has 2 heterocycles. The number of halogens is 1. The maximum Gasteiger partial charge on any atom is 0.261 e. The molecule has 1 aliphatic rings. The number of methoxy groups -OCH3 is 2. The number of hydrogen-bond donors (Lipinski definition) is 2. The summed E-state index contributed by atoms with van der Waals surface area (Å²) in [6.07, 6.45) is 1.41. The number of hydrogen-bond acceptors (Lipinski definition) is 6. The SMILES string of the molecule is COc1ccc(OC)c(C2C(C(=O)Nc3ccc(C)cc3C)C(C)=Nc3c(C(=O)Nc4ccc(F)cc4)cnn32)c1. The van der Waals surface area contributed by atoms with Crippen molar-refractivity contribution in [3.8, 4) is 11.5 Å². The molecule has 9 nitrogen and oxygen atoms in total. The molecule has 0 saturated carbocycles. The van der Waals surface area contributed by atoms with Crippen LogP contribution in [0.1, 0.15) is 40.0 Å². The molecule has 0 spiro atoms. The second-order valence-electron chi connectivity index (χ2n) is 9.88. The lowest BCUT2D eigenvalue weighted by Crippen LogP contribution is -2.39. The number of carbonyl (C=O) groups is 2. The molecule has 0 aliphatic carbocycles. The van der Waals surface area contributed by atoms with Crippen molar-refractivity contribution in [3.05, 3.63) is 94.9 Å². The molecule has 10 heteroatoms. The lowest BCUT2D eigenvalue weighted by molar-refractivity contribution is -0.118. The third-order valence-corrected chi connectivity index (χ3v) is 7.11. The molecule has 210 valence electrons. The van der Waals surface area contributed by atoms with Crippen molar-refractivity contribution in [2.75, 3.05) is 24.9 Å². The van der Waals surface area contributed by atoms with E-state index in [4.69, 9.17) is 14.5 Å². The van der Waals surface area contributed by atoms with Crippen molar-refractivity contribution >= 4 is 34.7 Å². The first kappa shape index (κ1) is 27.6. The van der Waals surface area contributed by atoms with Gasteiger partial charge in [-0.1, -0.05) is 17.7 Å². The van der Waals surface area contributed by atoms with E-state index in [2.05, 4.69) is 15.7 Å². The summed E-state index contributed by atoms with van der Waals surface area (Å²) in [5, 5.41) is 10.4. The highest BCUT2D eigenvalue weighted by molar-refractivity contribution is 6.12. The first-order valence-corrected chi connectivity index (χ1v) is 13.0. The standard InChI is InChI=1S/C31H30FN5O4/c1-17-6-12-25(18(2)14-17)36-31(39)27-19(3)34-29-24(30(38)35-21-9-7-20(32)8-10-21)16-33-37(29)28(27)23-15-22(40-4)11-13-26(23)41-5/h6-16,27-28H,1-5H3,(H,35,38)(H,36,39). The number of rotatable bonds is 7. The number of benzene rings is 3. The van der Waals surface area contributed by atoms with Gasteiger partial charge in [-0.2, -0.15) is 5.10 Å². The van der Waals surface area contributed by atoms with Crippen LogP contribution in [-0.2, 0) is 4.79 Å². The molecule has 3 aromatic carbocycles. The van der Waals surface area contributed by atoms with E-state index in [1.54, 1.807) is 44.0 Å². The smallest absolute Gasteiger partial charge is 0.261 e. The topological polar surface area (TPSA) is 107 Å². The number of amides is 2. The lowest BCUT2D eigenvalue weighted by Gasteiger charge is -2.32. The van der Waals surface area contributed by atoms with Gasteiger partial charge in [0.25, 0.3) is 5.91 Å². The van der Waals surface area contributed by atoms with Crippen LogP contribution in [0, 0.1) is 25.6 Å². The van der Waals surface area contributed by atoms with Gasteiger partial charge in [0.15, 0.2) is 5.82 Å². The molecule has 2 unspecified atom stereocenters. The first-order valence-electron chi connectivity index (χ1n) is 13.0. The van der Waals surface area contributed by atoms with Gasteiger partial charge >= 0.3 is 0 Å². The van der Waals surface area contributed by atoms with Gasteiger partial charge < -0.3 is 20.1 Å². The number of aromatic nitrogens is 2. The Balaban J connectivity index is 1.60. The molecule has 0 saturated heterocycles. The molecule has 1 aromatic heterocycles. The fourth-order valence-corrected chi connectivity index (χ4v) is 5.05. The highest BCUT2D eigenvalue weighted by atomic mass is 19.1. The monoisotopic (exact) mass is 555 g/mol. The summed E-state index contributed by atoms with van der Waals surface area (Å²) in [7, 11) is 3.10. The van der Waals surface area contributed by atoms with Gasteiger partial charge in [-0.15, -0.1) is 0 Å². The molecular formula is C31H30FN5O4. The number of nitrogens with one attached hydrogen (secondary N) is 2. The van der Waals surface area contributed by atoms with Crippen molar-refractivity contribution in [3.63, 3.8) is 0 Å². The minimum Gasteiger partial charge on any atom is -0.497 e. The number of nitrogens with zero attached hydrogens (tertiary/aromatic N) is 3. The zero-order valence-corrected chi connectivity index (χ0v) is 23.4. The van der Waals surface area contributed by atoms with E-state index >= 15 is 0 Å². The maximum atomic E-state index is 14.0. The molecule has 0 radical (unpaired) electrons. The largest absolute Gasteiger partial charge is 0.497 e. The van der Waals surface area contributed by atoms with Crippen LogP contribution in [0.5, 0.6) is 11.5 Å². The molecular weight excluding hydrogens is 525 g/mol. The van der Waals surface area contributed by atoms with Crippen molar-refractivity contribution in [1.29, 1.82) is 0 Å². The summed E-state index contributed by atoms with van der Waals surface area (Å²) in [4.78, 5) is 31.9. The Kier molecular flexibility index (Phi) is 7.56. The Morgan fingerprint density at radius 3 is 2.37 bits per heavy atom. The van der Waals surface area contributed by atoms with Crippen molar-refractivity contribution in [2.24, 2.45) is 10.9 Å². The second-order valence-corrected chi connectivity index (χ2v) is 9.88. The molecule has 2 amide bonds. The average Bonchev–Trinajstić information content (AvgIpc) is 3.38. The Morgan fingerprint density at radius 1 is 0.927 bits per heavy atom. The van der Waals surface area contributed by atoms with Crippen LogP contribution in [0.25, 0.3) is 0 Å². The third-order valence-electron chi connectivity index (χ3n) is 7.11. The molecule has 1 aliphatic heterocycles. The second kappa shape index (κ2) is 11.2. The van der Waals surface area contributed by atoms with Gasteiger partial charge in [-0.25, -0.2) is 14.1 Å². The molecule has 4 aromatic rings. The Morgan fingerprint density at radius 2 is 1.68 bits per heavy atom. The zero-order valence-electron chi connectivity index (χ0n) is 23.4. The lowest BCUT2D eigenvalue weighted by atomic mass is 9.86. The van der Waals surface area contributed by atoms with Crippen LogP contribution < -0.4 is 20.1 Å². The molecule has 0 fully saturated rings. The van der Waals surface area contributed by atoms with E-state index in [-0.39, 0.29) is 17.3 Å².